The van der Waals surface area contributed by atoms with Gasteiger partial charge in [0.15, 0.2) is 4.34 Å². The van der Waals surface area contributed by atoms with Crippen LogP contribution in [-0.4, -0.2) is 21.9 Å². The molecule has 0 fully saturated rings. The fourth-order valence-electron chi connectivity index (χ4n) is 1.12. The number of carbonyl (C=O) groups excluding carboxylic acids is 1. The van der Waals surface area contributed by atoms with Crippen molar-refractivity contribution in [3.8, 4) is 0 Å². The van der Waals surface area contributed by atoms with E-state index in [-0.39, 0.29) is 17.5 Å². The summed E-state index contributed by atoms with van der Waals surface area (Å²) in [5.74, 6) is -0.346. The molecule has 0 radical (unpaired) electrons. The van der Waals surface area contributed by atoms with Crippen molar-refractivity contribution < 1.29 is 9.18 Å². The lowest BCUT2D eigenvalue weighted by molar-refractivity contribution is -0.113. The zero-order chi connectivity index (χ0) is 12.1. The van der Waals surface area contributed by atoms with Crippen LogP contribution in [0.25, 0.3) is 0 Å². The van der Waals surface area contributed by atoms with Crippen LogP contribution >= 0.6 is 23.1 Å². The molecule has 0 spiro atoms. The summed E-state index contributed by atoms with van der Waals surface area (Å²) < 4.78 is 13.6. The number of anilines is 1. The third-order valence-electron chi connectivity index (χ3n) is 1.78. The smallest absolute Gasteiger partial charge is 0.234 e. The predicted molar refractivity (Wildman–Crippen MR) is 65.7 cm³/mol. The molecule has 2 aromatic rings. The minimum atomic E-state index is -0.375. The molecule has 0 aliphatic heterocycles. The minimum absolute atomic E-state index is 0.198. The summed E-state index contributed by atoms with van der Waals surface area (Å²) in [4.78, 5) is 11.5. The van der Waals surface area contributed by atoms with Crippen molar-refractivity contribution in [2.75, 3.05) is 11.1 Å². The van der Waals surface area contributed by atoms with E-state index in [2.05, 4.69) is 15.5 Å². The molecule has 0 bridgehead atoms. The van der Waals surface area contributed by atoms with Gasteiger partial charge in [-0.05, 0) is 18.2 Å². The molecule has 1 N–H and O–H groups in total. The average molecular weight is 269 g/mol. The topological polar surface area (TPSA) is 54.9 Å². The molecule has 0 saturated carbocycles. The van der Waals surface area contributed by atoms with Gasteiger partial charge in [0, 0.05) is 5.69 Å². The van der Waals surface area contributed by atoms with Crippen LogP contribution in [0.3, 0.4) is 0 Å². The van der Waals surface area contributed by atoms with E-state index in [1.165, 1.54) is 35.2 Å². The van der Waals surface area contributed by atoms with Gasteiger partial charge in [0.25, 0.3) is 0 Å². The zero-order valence-corrected chi connectivity index (χ0v) is 10.2. The summed E-state index contributed by atoms with van der Waals surface area (Å²) in [5, 5.41) is 10.1. The second-order valence-electron chi connectivity index (χ2n) is 3.05. The van der Waals surface area contributed by atoms with E-state index < -0.39 is 0 Å². The number of aromatic nitrogens is 2. The van der Waals surface area contributed by atoms with Crippen LogP contribution < -0.4 is 5.32 Å². The molecule has 0 atom stereocenters. The Hall–Kier alpha value is -1.47. The molecular weight excluding hydrogens is 261 g/mol. The number of carbonyl (C=O) groups is 1. The number of amides is 1. The molecule has 1 heterocycles. The number of rotatable bonds is 4. The Morgan fingerprint density at radius 1 is 1.53 bits per heavy atom. The third kappa shape index (κ3) is 3.79. The summed E-state index contributed by atoms with van der Waals surface area (Å²) >= 11 is 2.67. The van der Waals surface area contributed by atoms with Crippen LogP contribution in [0.2, 0.25) is 0 Å². The average Bonchev–Trinajstić information content (AvgIpc) is 2.79. The van der Waals surface area contributed by atoms with Crippen molar-refractivity contribution in [3.63, 3.8) is 0 Å². The first kappa shape index (κ1) is 12.0. The normalized spacial score (nSPS) is 10.2. The van der Waals surface area contributed by atoms with E-state index >= 15 is 0 Å². The van der Waals surface area contributed by atoms with E-state index in [0.717, 1.165) is 4.34 Å². The lowest BCUT2D eigenvalue weighted by Crippen LogP contribution is -2.13. The van der Waals surface area contributed by atoms with Gasteiger partial charge in [-0.1, -0.05) is 29.2 Å². The Morgan fingerprint density at radius 3 is 3.12 bits per heavy atom. The van der Waals surface area contributed by atoms with E-state index in [0.29, 0.717) is 5.69 Å². The number of hydrogen-bond acceptors (Lipinski definition) is 5. The maximum atomic E-state index is 12.9. The molecule has 4 nitrogen and oxygen atoms in total. The predicted octanol–water partition coefficient (Wildman–Crippen LogP) is 2.41. The molecule has 1 aromatic carbocycles. The van der Waals surface area contributed by atoms with Gasteiger partial charge in [-0.15, -0.1) is 10.2 Å². The number of nitrogens with zero attached hydrogens (tertiary/aromatic N) is 2. The Kier molecular flexibility index (Phi) is 4.05. The van der Waals surface area contributed by atoms with E-state index in [9.17, 15) is 9.18 Å². The Morgan fingerprint density at radius 2 is 2.41 bits per heavy atom. The molecule has 1 amide bonds. The van der Waals surface area contributed by atoms with Crippen LogP contribution in [0.1, 0.15) is 0 Å². The Balaban J connectivity index is 1.85. The highest BCUT2D eigenvalue weighted by Crippen LogP contribution is 2.19. The number of halogens is 1. The molecule has 0 unspecified atom stereocenters. The second kappa shape index (κ2) is 5.74. The number of thioether (sulfide) groups is 1. The standard InChI is InChI=1S/C10H8FN3OS2/c11-7-2-1-3-8(4-7)13-9(15)5-16-10-14-12-6-17-10/h1-4,6H,5H2,(H,13,15). The summed E-state index contributed by atoms with van der Waals surface area (Å²) in [7, 11) is 0. The third-order valence-corrected chi connectivity index (χ3v) is 3.64. The summed E-state index contributed by atoms with van der Waals surface area (Å²) in [6.07, 6.45) is 0. The quantitative estimate of drug-likeness (QED) is 0.866. The second-order valence-corrected chi connectivity index (χ2v) is 5.11. The lowest BCUT2D eigenvalue weighted by Gasteiger charge is -2.03. The van der Waals surface area contributed by atoms with Gasteiger partial charge >= 0.3 is 0 Å². The maximum absolute atomic E-state index is 12.9. The van der Waals surface area contributed by atoms with Gasteiger partial charge in [-0.2, -0.15) is 0 Å². The first-order chi connectivity index (χ1) is 8.24. The first-order valence-corrected chi connectivity index (χ1v) is 6.55. The molecular formula is C10H8FN3OS2. The highest BCUT2D eigenvalue weighted by atomic mass is 32.2. The highest BCUT2D eigenvalue weighted by molar-refractivity contribution is 8.01. The van der Waals surface area contributed by atoms with Gasteiger partial charge in [0.2, 0.25) is 5.91 Å². The fourth-order valence-corrected chi connectivity index (χ4v) is 2.40. The molecule has 0 saturated heterocycles. The van der Waals surface area contributed by atoms with Crippen LogP contribution in [0.4, 0.5) is 10.1 Å². The first-order valence-electron chi connectivity index (χ1n) is 4.68. The van der Waals surface area contributed by atoms with Crippen molar-refractivity contribution in [1.82, 2.24) is 10.2 Å². The van der Waals surface area contributed by atoms with E-state index in [4.69, 9.17) is 0 Å². The monoisotopic (exact) mass is 269 g/mol. The summed E-state index contributed by atoms with van der Waals surface area (Å²) in [5.41, 5.74) is 2.06. The van der Waals surface area contributed by atoms with E-state index in [1.54, 1.807) is 17.6 Å². The van der Waals surface area contributed by atoms with Crippen molar-refractivity contribution in [1.29, 1.82) is 0 Å². The van der Waals surface area contributed by atoms with E-state index in [1.807, 2.05) is 0 Å². The van der Waals surface area contributed by atoms with Crippen molar-refractivity contribution >= 4 is 34.7 Å². The molecule has 0 aliphatic carbocycles. The maximum Gasteiger partial charge on any atom is 0.234 e. The van der Waals surface area contributed by atoms with Gasteiger partial charge in [-0.3, -0.25) is 4.79 Å². The lowest BCUT2D eigenvalue weighted by atomic mass is 10.3. The fraction of sp³-hybridized carbons (Fsp3) is 0.100. The SMILES string of the molecule is O=C(CSc1nncs1)Nc1cccc(F)c1. The number of hydrogen-bond donors (Lipinski definition) is 1. The molecule has 17 heavy (non-hydrogen) atoms. The molecule has 88 valence electrons. The minimum Gasteiger partial charge on any atom is -0.325 e. The number of nitrogens with one attached hydrogen (secondary N) is 1. The Bertz CT molecular complexity index is 504. The summed E-state index contributed by atoms with van der Waals surface area (Å²) in [6, 6.07) is 5.78. The Labute approximate surface area is 105 Å². The molecule has 2 rings (SSSR count). The van der Waals surface area contributed by atoms with Gasteiger partial charge in [0.1, 0.15) is 11.3 Å². The van der Waals surface area contributed by atoms with Crippen LogP contribution in [0.15, 0.2) is 34.1 Å². The van der Waals surface area contributed by atoms with Crippen molar-refractivity contribution in [2.45, 2.75) is 4.34 Å². The summed E-state index contributed by atoms with van der Waals surface area (Å²) in [6.45, 7) is 0. The largest absolute Gasteiger partial charge is 0.325 e. The van der Waals surface area contributed by atoms with Crippen LogP contribution in [-0.2, 0) is 4.79 Å². The van der Waals surface area contributed by atoms with Gasteiger partial charge < -0.3 is 5.32 Å². The van der Waals surface area contributed by atoms with Crippen molar-refractivity contribution in [2.24, 2.45) is 0 Å². The van der Waals surface area contributed by atoms with Gasteiger partial charge in [0.05, 0.1) is 5.75 Å². The number of benzene rings is 1. The van der Waals surface area contributed by atoms with Crippen LogP contribution in [0, 0.1) is 5.82 Å². The zero-order valence-electron chi connectivity index (χ0n) is 8.59. The molecule has 1 aromatic heterocycles. The van der Waals surface area contributed by atoms with Crippen molar-refractivity contribution in [3.05, 3.63) is 35.6 Å². The van der Waals surface area contributed by atoms with Gasteiger partial charge in [-0.25, -0.2) is 4.39 Å². The van der Waals surface area contributed by atoms with Crippen LogP contribution in [0.5, 0.6) is 0 Å². The highest BCUT2D eigenvalue weighted by Gasteiger charge is 2.05. The molecule has 0 aliphatic rings. The molecule has 7 heteroatoms.